The Kier molecular flexibility index (Phi) is 4.17. The van der Waals surface area contributed by atoms with Crippen LogP contribution < -0.4 is 5.32 Å². The van der Waals surface area contributed by atoms with Crippen LogP contribution in [0.15, 0.2) is 85.3 Å². The molecule has 25 heavy (non-hydrogen) atoms. The van der Waals surface area contributed by atoms with E-state index < -0.39 is 0 Å². The predicted molar refractivity (Wildman–Crippen MR) is 105 cm³/mol. The molecule has 0 saturated heterocycles. The summed E-state index contributed by atoms with van der Waals surface area (Å²) in [5.41, 5.74) is 8.64. The molecule has 1 aromatic heterocycles. The van der Waals surface area contributed by atoms with Gasteiger partial charge in [0.05, 0.1) is 0 Å². The van der Waals surface area contributed by atoms with Crippen LogP contribution >= 0.6 is 0 Å². The van der Waals surface area contributed by atoms with Crippen LogP contribution in [0.5, 0.6) is 0 Å². The van der Waals surface area contributed by atoms with Crippen LogP contribution in [0.4, 0.5) is 0 Å². The van der Waals surface area contributed by atoms with E-state index in [4.69, 9.17) is 0 Å². The van der Waals surface area contributed by atoms with E-state index in [1.807, 2.05) is 18.6 Å². The molecule has 4 rings (SSSR count). The highest BCUT2D eigenvalue weighted by molar-refractivity contribution is 5.83. The number of dihydropyridines is 1. The molecule has 122 valence electrons. The Morgan fingerprint density at radius 1 is 0.800 bits per heavy atom. The van der Waals surface area contributed by atoms with E-state index in [2.05, 4.69) is 84.0 Å². The Morgan fingerprint density at radius 2 is 1.56 bits per heavy atom. The van der Waals surface area contributed by atoms with Gasteiger partial charge in [0.15, 0.2) is 0 Å². The van der Waals surface area contributed by atoms with Gasteiger partial charge in [-0.15, -0.1) is 0 Å². The van der Waals surface area contributed by atoms with E-state index in [0.29, 0.717) is 0 Å². The monoisotopic (exact) mass is 324 g/mol. The summed E-state index contributed by atoms with van der Waals surface area (Å²) in [6, 6.07) is 19.6. The predicted octanol–water partition coefficient (Wildman–Crippen LogP) is 5.22. The van der Waals surface area contributed by atoms with Gasteiger partial charge in [-0.3, -0.25) is 4.98 Å². The van der Waals surface area contributed by atoms with Crippen LogP contribution in [0.25, 0.3) is 27.8 Å². The first-order chi connectivity index (χ1) is 12.3. The van der Waals surface area contributed by atoms with Gasteiger partial charge in [0.25, 0.3) is 0 Å². The topological polar surface area (TPSA) is 24.9 Å². The zero-order chi connectivity index (χ0) is 17.1. The molecule has 0 fully saturated rings. The standard InChI is InChI=1S/C23H20N2/c1-17-3-2-4-20(13-17)23-15-21(18-5-9-24-10-6-18)14-22(16-23)19-7-11-25-12-8-19/h2-11,13-16,25H,12H2,1H3. The molecular weight excluding hydrogens is 304 g/mol. The van der Waals surface area contributed by atoms with E-state index in [9.17, 15) is 0 Å². The molecule has 0 bridgehead atoms. The third-order valence-electron chi connectivity index (χ3n) is 4.45. The second-order valence-corrected chi connectivity index (χ2v) is 6.31. The van der Waals surface area contributed by atoms with Gasteiger partial charge in [-0.25, -0.2) is 0 Å². The molecule has 0 amide bonds. The lowest BCUT2D eigenvalue weighted by molar-refractivity contribution is 0.976. The van der Waals surface area contributed by atoms with Gasteiger partial charge < -0.3 is 5.32 Å². The average molecular weight is 324 g/mol. The molecule has 1 N–H and O–H groups in total. The van der Waals surface area contributed by atoms with E-state index in [1.54, 1.807) is 0 Å². The van der Waals surface area contributed by atoms with Crippen LogP contribution in [0.3, 0.4) is 0 Å². The van der Waals surface area contributed by atoms with Crippen LogP contribution in [-0.4, -0.2) is 11.5 Å². The van der Waals surface area contributed by atoms with Crippen LogP contribution in [0.1, 0.15) is 11.1 Å². The zero-order valence-corrected chi connectivity index (χ0v) is 14.2. The maximum absolute atomic E-state index is 4.14. The first-order valence-corrected chi connectivity index (χ1v) is 8.52. The SMILES string of the molecule is Cc1cccc(-c2cc(C3=CCNC=C3)cc(-c3ccncc3)c2)c1. The van der Waals surface area contributed by atoms with Gasteiger partial charge in [0.2, 0.25) is 0 Å². The molecule has 0 aliphatic carbocycles. The Morgan fingerprint density at radius 3 is 2.28 bits per heavy atom. The minimum Gasteiger partial charge on any atom is -0.387 e. The summed E-state index contributed by atoms with van der Waals surface area (Å²) in [5.74, 6) is 0. The van der Waals surface area contributed by atoms with Crippen molar-refractivity contribution in [3.8, 4) is 22.3 Å². The smallest absolute Gasteiger partial charge is 0.0334 e. The van der Waals surface area contributed by atoms with Gasteiger partial charge in [-0.2, -0.15) is 0 Å². The van der Waals surface area contributed by atoms with E-state index >= 15 is 0 Å². The number of aromatic nitrogens is 1. The van der Waals surface area contributed by atoms with Crippen molar-refractivity contribution in [2.75, 3.05) is 6.54 Å². The van der Waals surface area contributed by atoms with Crippen molar-refractivity contribution in [1.29, 1.82) is 0 Å². The Bertz CT molecular complexity index is 953. The van der Waals surface area contributed by atoms with E-state index in [1.165, 1.54) is 39.0 Å². The molecule has 2 nitrogen and oxygen atoms in total. The highest BCUT2D eigenvalue weighted by atomic mass is 14.8. The van der Waals surface area contributed by atoms with Crippen molar-refractivity contribution in [3.05, 3.63) is 96.5 Å². The van der Waals surface area contributed by atoms with Gasteiger partial charge in [0.1, 0.15) is 0 Å². The van der Waals surface area contributed by atoms with Gasteiger partial charge in [0, 0.05) is 18.9 Å². The van der Waals surface area contributed by atoms with Crippen molar-refractivity contribution in [2.24, 2.45) is 0 Å². The molecule has 1 aliphatic heterocycles. The first kappa shape index (κ1) is 15.4. The molecule has 0 saturated carbocycles. The number of nitrogens with one attached hydrogen (secondary N) is 1. The third-order valence-corrected chi connectivity index (χ3v) is 4.45. The fourth-order valence-electron chi connectivity index (χ4n) is 3.16. The number of rotatable bonds is 3. The average Bonchev–Trinajstić information content (AvgIpc) is 2.69. The van der Waals surface area contributed by atoms with Crippen LogP contribution in [0, 0.1) is 6.92 Å². The van der Waals surface area contributed by atoms with Crippen LogP contribution in [-0.2, 0) is 0 Å². The summed E-state index contributed by atoms with van der Waals surface area (Å²) in [6.07, 6.45) is 10.1. The summed E-state index contributed by atoms with van der Waals surface area (Å²) >= 11 is 0. The number of pyridine rings is 1. The molecule has 1 aliphatic rings. The molecule has 0 atom stereocenters. The fourth-order valence-corrected chi connectivity index (χ4v) is 3.16. The van der Waals surface area contributed by atoms with Crippen molar-refractivity contribution in [3.63, 3.8) is 0 Å². The normalized spacial score (nSPS) is 13.2. The zero-order valence-electron chi connectivity index (χ0n) is 14.2. The number of allylic oxidation sites excluding steroid dienone is 2. The van der Waals surface area contributed by atoms with Gasteiger partial charge in [-0.05, 0) is 82.9 Å². The summed E-state index contributed by atoms with van der Waals surface area (Å²) in [6.45, 7) is 3.00. The van der Waals surface area contributed by atoms with Crippen molar-refractivity contribution in [1.82, 2.24) is 10.3 Å². The summed E-state index contributed by atoms with van der Waals surface area (Å²) in [4.78, 5) is 4.14. The molecule has 2 heteroatoms. The fraction of sp³-hybridized carbons (Fsp3) is 0.0870. The highest BCUT2D eigenvalue weighted by Gasteiger charge is 2.09. The summed E-state index contributed by atoms with van der Waals surface area (Å²) in [7, 11) is 0. The Balaban J connectivity index is 1.89. The number of nitrogens with zero attached hydrogens (tertiary/aromatic N) is 1. The van der Waals surface area contributed by atoms with Crippen molar-refractivity contribution < 1.29 is 0 Å². The van der Waals surface area contributed by atoms with Crippen LogP contribution in [0.2, 0.25) is 0 Å². The second-order valence-electron chi connectivity index (χ2n) is 6.31. The maximum atomic E-state index is 4.14. The Labute approximate surface area is 148 Å². The number of aryl methyl sites for hydroxylation is 1. The van der Waals surface area contributed by atoms with E-state index in [-0.39, 0.29) is 0 Å². The highest BCUT2D eigenvalue weighted by Crippen LogP contribution is 2.31. The largest absolute Gasteiger partial charge is 0.387 e. The summed E-state index contributed by atoms with van der Waals surface area (Å²) in [5, 5.41) is 3.22. The lowest BCUT2D eigenvalue weighted by Gasteiger charge is -2.14. The molecule has 0 spiro atoms. The van der Waals surface area contributed by atoms with Crippen molar-refractivity contribution in [2.45, 2.75) is 6.92 Å². The molecule has 3 aromatic rings. The van der Waals surface area contributed by atoms with E-state index in [0.717, 1.165) is 6.54 Å². The minimum atomic E-state index is 0.866. The molecule has 0 unspecified atom stereocenters. The second kappa shape index (κ2) is 6.78. The van der Waals surface area contributed by atoms with Crippen molar-refractivity contribution >= 4 is 5.57 Å². The number of hydrogen-bond donors (Lipinski definition) is 1. The molecule has 2 heterocycles. The number of hydrogen-bond acceptors (Lipinski definition) is 2. The first-order valence-electron chi connectivity index (χ1n) is 8.52. The summed E-state index contributed by atoms with van der Waals surface area (Å²) < 4.78 is 0. The molecule has 2 aromatic carbocycles. The molecular formula is C23H20N2. The lowest BCUT2D eigenvalue weighted by atomic mass is 9.92. The third kappa shape index (κ3) is 3.38. The maximum Gasteiger partial charge on any atom is 0.0334 e. The van der Waals surface area contributed by atoms with Gasteiger partial charge in [-0.1, -0.05) is 35.9 Å². The minimum absolute atomic E-state index is 0.866. The molecule has 0 radical (unpaired) electrons. The quantitative estimate of drug-likeness (QED) is 0.714. The Hall–Kier alpha value is -3.13. The number of benzene rings is 2. The lowest BCUT2D eigenvalue weighted by Crippen LogP contribution is -2.08. The van der Waals surface area contributed by atoms with Gasteiger partial charge >= 0.3 is 0 Å².